The van der Waals surface area contributed by atoms with Crippen molar-refractivity contribution >= 4 is 11.6 Å². The molecular weight excluding hydrogens is 192 g/mol. The van der Waals surface area contributed by atoms with Crippen LogP contribution < -0.4 is 0 Å². The SMILES string of the molecule is O=C1C2=C(OCO2)C(=O)C2=C1OCO2. The first-order chi connectivity index (χ1) is 6.79. The zero-order valence-electron chi connectivity index (χ0n) is 6.86. The highest BCUT2D eigenvalue weighted by Gasteiger charge is 2.45. The molecule has 6 heteroatoms. The average molecular weight is 196 g/mol. The van der Waals surface area contributed by atoms with Crippen molar-refractivity contribution in [2.75, 3.05) is 13.6 Å². The third-order valence-electron chi connectivity index (χ3n) is 2.05. The Labute approximate surface area is 77.7 Å². The maximum absolute atomic E-state index is 11.6. The lowest BCUT2D eigenvalue weighted by Crippen LogP contribution is -2.21. The monoisotopic (exact) mass is 196 g/mol. The summed E-state index contributed by atoms with van der Waals surface area (Å²) in [7, 11) is 0. The summed E-state index contributed by atoms with van der Waals surface area (Å²) < 4.78 is 19.5. The summed E-state index contributed by atoms with van der Waals surface area (Å²) in [4.78, 5) is 23.1. The van der Waals surface area contributed by atoms with Gasteiger partial charge >= 0.3 is 0 Å². The van der Waals surface area contributed by atoms with Crippen molar-refractivity contribution in [3.63, 3.8) is 0 Å². The fourth-order valence-electron chi connectivity index (χ4n) is 1.44. The second kappa shape index (κ2) is 2.28. The van der Waals surface area contributed by atoms with E-state index in [4.69, 9.17) is 18.9 Å². The zero-order chi connectivity index (χ0) is 9.71. The van der Waals surface area contributed by atoms with Gasteiger partial charge in [-0.15, -0.1) is 0 Å². The summed E-state index contributed by atoms with van der Waals surface area (Å²) >= 11 is 0. The maximum Gasteiger partial charge on any atom is 0.270 e. The van der Waals surface area contributed by atoms with Gasteiger partial charge in [0.1, 0.15) is 0 Å². The summed E-state index contributed by atoms with van der Waals surface area (Å²) in [6.45, 7) is -0.245. The van der Waals surface area contributed by atoms with Crippen LogP contribution in [-0.2, 0) is 28.5 Å². The molecule has 2 aliphatic heterocycles. The number of hydrogen-bond acceptors (Lipinski definition) is 6. The number of ether oxygens (including phenoxy) is 4. The van der Waals surface area contributed by atoms with E-state index in [1.165, 1.54) is 0 Å². The largest absolute Gasteiger partial charge is 0.449 e. The molecular formula is C8H4O6. The Morgan fingerprint density at radius 1 is 0.643 bits per heavy atom. The second-order valence-corrected chi connectivity index (χ2v) is 2.79. The van der Waals surface area contributed by atoms with Crippen LogP contribution in [0.25, 0.3) is 0 Å². The van der Waals surface area contributed by atoms with Crippen LogP contribution in [0.4, 0.5) is 0 Å². The second-order valence-electron chi connectivity index (χ2n) is 2.79. The van der Waals surface area contributed by atoms with Crippen LogP contribution in [0.2, 0.25) is 0 Å². The Morgan fingerprint density at radius 3 is 1.21 bits per heavy atom. The first kappa shape index (κ1) is 7.43. The van der Waals surface area contributed by atoms with Crippen molar-refractivity contribution in [2.24, 2.45) is 0 Å². The Hall–Kier alpha value is -1.98. The predicted octanol–water partition coefficient (Wildman–Crippen LogP) is -0.430. The van der Waals surface area contributed by atoms with Gasteiger partial charge < -0.3 is 18.9 Å². The van der Waals surface area contributed by atoms with Crippen LogP contribution in [0.5, 0.6) is 0 Å². The lowest BCUT2D eigenvalue weighted by atomic mass is 10.1. The molecule has 3 aliphatic rings. The molecule has 0 unspecified atom stereocenters. The van der Waals surface area contributed by atoms with Crippen LogP contribution in [0.1, 0.15) is 0 Å². The lowest BCUT2D eigenvalue weighted by molar-refractivity contribution is -0.120. The minimum absolute atomic E-state index is 0.0840. The third kappa shape index (κ3) is 0.704. The Morgan fingerprint density at radius 2 is 0.929 bits per heavy atom. The standard InChI is InChI=1S/C8H4O6/c9-3-5-6(12-1-11-5)4(10)8-7(3)13-2-14-8/h1-2H2. The van der Waals surface area contributed by atoms with Crippen molar-refractivity contribution in [3.05, 3.63) is 23.0 Å². The smallest absolute Gasteiger partial charge is 0.270 e. The molecule has 0 aromatic carbocycles. The molecule has 2 heterocycles. The molecule has 0 saturated heterocycles. The molecule has 0 radical (unpaired) electrons. The summed E-state index contributed by atoms with van der Waals surface area (Å²) in [5, 5.41) is 0. The van der Waals surface area contributed by atoms with E-state index < -0.39 is 11.6 Å². The van der Waals surface area contributed by atoms with Crippen LogP contribution >= 0.6 is 0 Å². The highest BCUT2D eigenvalue weighted by molar-refractivity contribution is 6.22. The van der Waals surface area contributed by atoms with Crippen LogP contribution in [0.15, 0.2) is 23.0 Å². The molecule has 0 amide bonds. The van der Waals surface area contributed by atoms with Gasteiger partial charge in [-0.2, -0.15) is 0 Å². The summed E-state index contributed by atoms with van der Waals surface area (Å²) in [6.07, 6.45) is 0. The van der Waals surface area contributed by atoms with Crippen molar-refractivity contribution in [3.8, 4) is 0 Å². The molecule has 6 nitrogen and oxygen atoms in total. The average Bonchev–Trinajstić information content (AvgIpc) is 2.82. The van der Waals surface area contributed by atoms with Crippen molar-refractivity contribution in [1.82, 2.24) is 0 Å². The van der Waals surface area contributed by atoms with Gasteiger partial charge in [0.2, 0.25) is 36.6 Å². The van der Waals surface area contributed by atoms with Crippen molar-refractivity contribution < 1.29 is 28.5 Å². The number of carbonyl (C=O) groups excluding carboxylic acids is 2. The van der Waals surface area contributed by atoms with Crippen LogP contribution in [-0.4, -0.2) is 25.2 Å². The maximum atomic E-state index is 11.6. The van der Waals surface area contributed by atoms with E-state index in [0.717, 1.165) is 0 Å². The number of hydrogen-bond donors (Lipinski definition) is 0. The number of Topliss-reactive ketones (excluding diaryl/α,β-unsaturated/α-hetero) is 2. The molecule has 1 aliphatic carbocycles. The van der Waals surface area contributed by atoms with Crippen LogP contribution in [0.3, 0.4) is 0 Å². The van der Waals surface area contributed by atoms with E-state index in [0.29, 0.717) is 0 Å². The lowest BCUT2D eigenvalue weighted by Gasteiger charge is -2.07. The van der Waals surface area contributed by atoms with Crippen LogP contribution in [0, 0.1) is 0 Å². The van der Waals surface area contributed by atoms with Gasteiger partial charge in [-0.1, -0.05) is 0 Å². The molecule has 0 aromatic heterocycles. The van der Waals surface area contributed by atoms with E-state index in [9.17, 15) is 9.59 Å². The minimum Gasteiger partial charge on any atom is -0.449 e. The quantitative estimate of drug-likeness (QED) is 0.489. The summed E-state index contributed by atoms with van der Waals surface area (Å²) in [5.74, 6) is -1.33. The molecule has 14 heavy (non-hydrogen) atoms. The highest BCUT2D eigenvalue weighted by atomic mass is 16.7. The highest BCUT2D eigenvalue weighted by Crippen LogP contribution is 2.33. The van der Waals surface area contributed by atoms with E-state index in [1.54, 1.807) is 0 Å². The van der Waals surface area contributed by atoms with Gasteiger partial charge in [-0.25, -0.2) is 0 Å². The van der Waals surface area contributed by atoms with Gasteiger partial charge in [-0.05, 0) is 0 Å². The van der Waals surface area contributed by atoms with E-state index in [-0.39, 0.29) is 36.6 Å². The molecule has 0 spiro atoms. The Balaban J connectivity index is 2.14. The Kier molecular flexibility index (Phi) is 1.21. The molecule has 3 rings (SSSR count). The third-order valence-corrected chi connectivity index (χ3v) is 2.05. The van der Waals surface area contributed by atoms with Crippen molar-refractivity contribution in [2.45, 2.75) is 0 Å². The van der Waals surface area contributed by atoms with E-state index in [1.807, 2.05) is 0 Å². The molecule has 0 bridgehead atoms. The molecule has 0 aromatic rings. The summed E-state index contributed by atoms with van der Waals surface area (Å²) in [5.41, 5.74) is 0. The van der Waals surface area contributed by atoms with Gasteiger partial charge in [0.25, 0.3) is 11.6 Å². The van der Waals surface area contributed by atoms with Gasteiger partial charge in [0.05, 0.1) is 0 Å². The van der Waals surface area contributed by atoms with Gasteiger partial charge in [0.15, 0.2) is 0 Å². The Bertz CT molecular complexity index is 344. The molecule has 0 N–H and O–H groups in total. The van der Waals surface area contributed by atoms with Crippen molar-refractivity contribution in [1.29, 1.82) is 0 Å². The zero-order valence-corrected chi connectivity index (χ0v) is 6.86. The molecule has 0 atom stereocenters. The number of rotatable bonds is 0. The first-order valence-corrected chi connectivity index (χ1v) is 3.88. The number of carbonyl (C=O) groups is 2. The topological polar surface area (TPSA) is 71.1 Å². The summed E-state index contributed by atoms with van der Waals surface area (Å²) in [6, 6.07) is 0. The van der Waals surface area contributed by atoms with E-state index >= 15 is 0 Å². The predicted molar refractivity (Wildman–Crippen MR) is 38.1 cm³/mol. The first-order valence-electron chi connectivity index (χ1n) is 3.88. The molecule has 72 valence electrons. The van der Waals surface area contributed by atoms with Gasteiger partial charge in [-0.3, -0.25) is 9.59 Å². The molecule has 0 fully saturated rings. The fraction of sp³-hybridized carbons (Fsp3) is 0.250. The number of ketones is 2. The minimum atomic E-state index is -0.496. The molecule has 0 saturated carbocycles. The van der Waals surface area contributed by atoms with E-state index in [2.05, 4.69) is 0 Å². The normalized spacial score (nSPS) is 23.7. The van der Waals surface area contributed by atoms with Gasteiger partial charge in [0, 0.05) is 0 Å². The fourth-order valence-corrected chi connectivity index (χ4v) is 1.44.